The zero-order valence-electron chi connectivity index (χ0n) is 10.1. The average molecular weight is 315 g/mol. The van der Waals surface area contributed by atoms with Gasteiger partial charge < -0.3 is 15.7 Å². The van der Waals surface area contributed by atoms with E-state index < -0.39 is 12.1 Å². The number of carbonyl (C=O) groups is 2. The number of halogens is 1. The normalized spacial score (nSPS) is 12.0. The van der Waals surface area contributed by atoms with Gasteiger partial charge in [0.25, 0.3) is 0 Å². The van der Waals surface area contributed by atoms with Crippen molar-refractivity contribution >= 4 is 33.6 Å². The molecule has 0 bridgehead atoms. The number of amides is 2. The molecule has 0 aliphatic carbocycles. The van der Waals surface area contributed by atoms with Gasteiger partial charge in [0.1, 0.15) is 6.04 Å². The monoisotopic (exact) mass is 314 g/mol. The van der Waals surface area contributed by atoms with Crippen LogP contribution in [0.15, 0.2) is 28.7 Å². The van der Waals surface area contributed by atoms with Crippen molar-refractivity contribution in [3.63, 3.8) is 0 Å². The van der Waals surface area contributed by atoms with E-state index in [1.165, 1.54) is 0 Å². The summed E-state index contributed by atoms with van der Waals surface area (Å²) in [5, 5.41) is 13.6. The van der Waals surface area contributed by atoms with E-state index in [-0.39, 0.29) is 11.8 Å². The van der Waals surface area contributed by atoms with Gasteiger partial charge in [-0.3, -0.25) is 4.79 Å². The lowest BCUT2D eigenvalue weighted by Crippen LogP contribution is -2.46. The molecule has 0 heterocycles. The first-order valence-corrected chi connectivity index (χ1v) is 6.25. The SMILES string of the molecule is CC(C)C(NC(=O)O)C(=O)Nc1ccc(Br)cc1. The first-order chi connectivity index (χ1) is 8.40. The van der Waals surface area contributed by atoms with Crippen molar-refractivity contribution in [2.45, 2.75) is 19.9 Å². The second-order valence-electron chi connectivity index (χ2n) is 4.17. The molecule has 18 heavy (non-hydrogen) atoms. The van der Waals surface area contributed by atoms with Crippen molar-refractivity contribution in [3.05, 3.63) is 28.7 Å². The molecule has 0 fully saturated rings. The molecular formula is C12H15BrN2O3. The molecule has 1 atom stereocenters. The quantitative estimate of drug-likeness (QED) is 0.799. The number of rotatable bonds is 4. The molecule has 5 nitrogen and oxygen atoms in total. The summed E-state index contributed by atoms with van der Waals surface area (Å²) in [5.74, 6) is -0.494. The van der Waals surface area contributed by atoms with E-state index in [1.807, 2.05) is 0 Å². The molecule has 1 rings (SSSR count). The van der Waals surface area contributed by atoms with Crippen molar-refractivity contribution in [1.29, 1.82) is 0 Å². The van der Waals surface area contributed by atoms with Gasteiger partial charge in [-0.05, 0) is 30.2 Å². The molecule has 6 heteroatoms. The minimum Gasteiger partial charge on any atom is -0.465 e. The summed E-state index contributed by atoms with van der Waals surface area (Å²) >= 11 is 3.29. The van der Waals surface area contributed by atoms with Gasteiger partial charge in [0.15, 0.2) is 0 Å². The van der Waals surface area contributed by atoms with E-state index in [9.17, 15) is 9.59 Å². The summed E-state index contributed by atoms with van der Waals surface area (Å²) in [6, 6.07) is 6.29. The molecule has 1 aromatic rings. The summed E-state index contributed by atoms with van der Waals surface area (Å²) < 4.78 is 0.907. The van der Waals surface area contributed by atoms with Crippen LogP contribution in [0.25, 0.3) is 0 Å². The molecule has 0 aromatic heterocycles. The van der Waals surface area contributed by atoms with E-state index in [1.54, 1.807) is 38.1 Å². The van der Waals surface area contributed by atoms with Gasteiger partial charge in [0.2, 0.25) is 5.91 Å². The molecule has 0 radical (unpaired) electrons. The van der Waals surface area contributed by atoms with Gasteiger partial charge in [0, 0.05) is 10.2 Å². The Morgan fingerprint density at radius 1 is 1.22 bits per heavy atom. The second kappa shape index (κ2) is 6.39. The van der Waals surface area contributed by atoms with Crippen LogP contribution in [0.3, 0.4) is 0 Å². The van der Waals surface area contributed by atoms with E-state index in [0.717, 1.165) is 4.47 Å². The lowest BCUT2D eigenvalue weighted by Gasteiger charge is -2.20. The Morgan fingerprint density at radius 3 is 2.22 bits per heavy atom. The molecule has 0 saturated heterocycles. The summed E-state index contributed by atoms with van der Waals surface area (Å²) in [6.45, 7) is 3.56. The number of carboxylic acid groups (broad SMARTS) is 1. The summed E-state index contributed by atoms with van der Waals surface area (Å²) in [4.78, 5) is 22.5. The average Bonchev–Trinajstić information content (AvgIpc) is 2.28. The highest BCUT2D eigenvalue weighted by Crippen LogP contribution is 2.15. The number of hydrogen-bond acceptors (Lipinski definition) is 2. The second-order valence-corrected chi connectivity index (χ2v) is 5.08. The molecule has 3 N–H and O–H groups in total. The highest BCUT2D eigenvalue weighted by Gasteiger charge is 2.23. The van der Waals surface area contributed by atoms with Crippen LogP contribution in [0.5, 0.6) is 0 Å². The zero-order valence-corrected chi connectivity index (χ0v) is 11.7. The number of hydrogen-bond donors (Lipinski definition) is 3. The lowest BCUT2D eigenvalue weighted by molar-refractivity contribution is -0.118. The standard InChI is InChI=1S/C12H15BrN2O3/c1-7(2)10(15-12(17)18)11(16)14-9-5-3-8(13)4-6-9/h3-7,10,15H,1-2H3,(H,14,16)(H,17,18). The maximum absolute atomic E-state index is 11.9. The fourth-order valence-corrected chi connectivity index (χ4v) is 1.69. The molecule has 98 valence electrons. The highest BCUT2D eigenvalue weighted by atomic mass is 79.9. The third-order valence-corrected chi connectivity index (χ3v) is 2.87. The van der Waals surface area contributed by atoms with E-state index in [0.29, 0.717) is 5.69 Å². The van der Waals surface area contributed by atoms with Gasteiger partial charge in [-0.15, -0.1) is 0 Å². The topological polar surface area (TPSA) is 78.4 Å². The number of anilines is 1. The minimum absolute atomic E-state index is 0.128. The number of carbonyl (C=O) groups excluding carboxylic acids is 1. The zero-order chi connectivity index (χ0) is 13.7. The first kappa shape index (κ1) is 14.5. The van der Waals surface area contributed by atoms with Crippen LogP contribution < -0.4 is 10.6 Å². The Balaban J connectivity index is 2.72. The molecule has 2 amide bonds. The summed E-state index contributed by atoms with van der Waals surface area (Å²) in [5.41, 5.74) is 0.626. The largest absolute Gasteiger partial charge is 0.465 e. The van der Waals surface area contributed by atoms with Crippen LogP contribution in [0.1, 0.15) is 13.8 Å². The van der Waals surface area contributed by atoms with E-state index in [4.69, 9.17) is 5.11 Å². The molecule has 1 aromatic carbocycles. The van der Waals surface area contributed by atoms with Gasteiger partial charge in [0.05, 0.1) is 0 Å². The van der Waals surface area contributed by atoms with Crippen LogP contribution in [0, 0.1) is 5.92 Å². The van der Waals surface area contributed by atoms with E-state index in [2.05, 4.69) is 26.6 Å². The summed E-state index contributed by atoms with van der Waals surface area (Å²) in [6.07, 6.45) is -1.21. The third-order valence-electron chi connectivity index (χ3n) is 2.34. The fourth-order valence-electron chi connectivity index (χ4n) is 1.42. The fraction of sp³-hybridized carbons (Fsp3) is 0.333. The highest BCUT2D eigenvalue weighted by molar-refractivity contribution is 9.10. The molecule has 0 aliphatic rings. The van der Waals surface area contributed by atoms with Crippen molar-refractivity contribution in [2.24, 2.45) is 5.92 Å². The number of benzene rings is 1. The Kier molecular flexibility index (Phi) is 5.15. The van der Waals surface area contributed by atoms with Gasteiger partial charge in [-0.1, -0.05) is 29.8 Å². The summed E-state index contributed by atoms with van der Waals surface area (Å²) in [7, 11) is 0. The maximum Gasteiger partial charge on any atom is 0.405 e. The van der Waals surface area contributed by atoms with Gasteiger partial charge >= 0.3 is 6.09 Å². The predicted octanol–water partition coefficient (Wildman–Crippen LogP) is 2.68. The number of nitrogens with one attached hydrogen (secondary N) is 2. The molecule has 1 unspecified atom stereocenters. The maximum atomic E-state index is 11.9. The van der Waals surface area contributed by atoms with Crippen LogP contribution in [-0.4, -0.2) is 23.1 Å². The Labute approximate surface area is 114 Å². The predicted molar refractivity (Wildman–Crippen MR) is 72.6 cm³/mol. The minimum atomic E-state index is -1.21. The molecule has 0 spiro atoms. The van der Waals surface area contributed by atoms with Crippen LogP contribution >= 0.6 is 15.9 Å². The van der Waals surface area contributed by atoms with Crippen molar-refractivity contribution in [1.82, 2.24) is 5.32 Å². The van der Waals surface area contributed by atoms with Crippen LogP contribution in [0.2, 0.25) is 0 Å². The van der Waals surface area contributed by atoms with Crippen molar-refractivity contribution < 1.29 is 14.7 Å². The van der Waals surface area contributed by atoms with Gasteiger partial charge in [-0.2, -0.15) is 0 Å². The van der Waals surface area contributed by atoms with Crippen molar-refractivity contribution in [2.75, 3.05) is 5.32 Å². The lowest BCUT2D eigenvalue weighted by atomic mass is 10.0. The van der Waals surface area contributed by atoms with Crippen LogP contribution in [0.4, 0.5) is 10.5 Å². The third kappa shape index (κ3) is 4.37. The molecular weight excluding hydrogens is 300 g/mol. The Hall–Kier alpha value is -1.56. The van der Waals surface area contributed by atoms with Crippen molar-refractivity contribution in [3.8, 4) is 0 Å². The van der Waals surface area contributed by atoms with E-state index >= 15 is 0 Å². The smallest absolute Gasteiger partial charge is 0.405 e. The molecule has 0 saturated carbocycles. The first-order valence-electron chi connectivity index (χ1n) is 5.46. The van der Waals surface area contributed by atoms with Crippen LogP contribution in [-0.2, 0) is 4.79 Å². The molecule has 0 aliphatic heterocycles. The Bertz CT molecular complexity index is 431. The van der Waals surface area contributed by atoms with Gasteiger partial charge in [-0.25, -0.2) is 4.79 Å². The Morgan fingerprint density at radius 2 is 1.78 bits per heavy atom.